The Morgan fingerprint density at radius 1 is 1.44 bits per heavy atom. The highest BCUT2D eigenvalue weighted by atomic mass is 35.5. The lowest BCUT2D eigenvalue weighted by atomic mass is 10.1. The summed E-state index contributed by atoms with van der Waals surface area (Å²) in [6.45, 7) is 7.31. The first-order valence-electron chi connectivity index (χ1n) is 5.60. The lowest BCUT2D eigenvalue weighted by molar-refractivity contribution is 0.629. The fraction of sp³-hybridized carbons (Fsp3) is 0.462. The summed E-state index contributed by atoms with van der Waals surface area (Å²) >= 11 is 5.89. The van der Waals surface area contributed by atoms with Crippen LogP contribution in [0.4, 0.5) is 5.69 Å². The van der Waals surface area contributed by atoms with E-state index in [1.165, 1.54) is 0 Å². The molecule has 0 aliphatic carbocycles. The van der Waals surface area contributed by atoms with Crippen LogP contribution in [0, 0.1) is 11.3 Å². The van der Waals surface area contributed by atoms with Gasteiger partial charge in [0, 0.05) is 17.6 Å². The van der Waals surface area contributed by atoms with Crippen LogP contribution in [0.5, 0.6) is 0 Å². The van der Waals surface area contributed by atoms with Crippen molar-refractivity contribution in [2.75, 3.05) is 11.4 Å². The Hall–Kier alpha value is -1.20. The summed E-state index contributed by atoms with van der Waals surface area (Å²) in [6.07, 6.45) is 1.06. The number of benzene rings is 1. The van der Waals surface area contributed by atoms with Crippen LogP contribution in [-0.2, 0) is 0 Å². The number of nitrogens with zero attached hydrogens (tertiary/aromatic N) is 2. The normalized spacial score (nSPS) is 11.9. The summed E-state index contributed by atoms with van der Waals surface area (Å²) in [5.41, 5.74) is 1.62. The van der Waals surface area contributed by atoms with Gasteiger partial charge >= 0.3 is 0 Å². The summed E-state index contributed by atoms with van der Waals surface area (Å²) in [5.74, 6) is 0. The second-order valence-electron chi connectivity index (χ2n) is 3.82. The number of nitriles is 1. The van der Waals surface area contributed by atoms with Crippen LogP contribution in [0.1, 0.15) is 32.8 Å². The van der Waals surface area contributed by atoms with Crippen molar-refractivity contribution >= 4 is 17.3 Å². The molecule has 0 amide bonds. The maximum atomic E-state index is 9.11. The van der Waals surface area contributed by atoms with E-state index in [-0.39, 0.29) is 0 Å². The van der Waals surface area contributed by atoms with Gasteiger partial charge < -0.3 is 4.90 Å². The second-order valence-corrected chi connectivity index (χ2v) is 4.25. The number of hydrogen-bond donors (Lipinski definition) is 0. The van der Waals surface area contributed by atoms with E-state index in [4.69, 9.17) is 16.9 Å². The molecule has 1 atom stereocenters. The van der Waals surface area contributed by atoms with Crippen molar-refractivity contribution in [3.05, 3.63) is 28.8 Å². The SMILES string of the molecule is CCC(C)N(CC)c1ccc(Cl)cc1C#N. The molecular weight excluding hydrogens is 220 g/mol. The molecule has 0 spiro atoms. The Morgan fingerprint density at radius 3 is 2.62 bits per heavy atom. The van der Waals surface area contributed by atoms with E-state index < -0.39 is 0 Å². The predicted molar refractivity (Wildman–Crippen MR) is 68.9 cm³/mol. The lowest BCUT2D eigenvalue weighted by Crippen LogP contribution is -2.32. The van der Waals surface area contributed by atoms with Crippen molar-refractivity contribution < 1.29 is 0 Å². The van der Waals surface area contributed by atoms with Crippen LogP contribution in [0.15, 0.2) is 18.2 Å². The van der Waals surface area contributed by atoms with Gasteiger partial charge in [0.15, 0.2) is 0 Å². The molecule has 0 heterocycles. The van der Waals surface area contributed by atoms with Crippen molar-refractivity contribution in [3.63, 3.8) is 0 Å². The van der Waals surface area contributed by atoms with Crippen molar-refractivity contribution in [1.82, 2.24) is 0 Å². The number of hydrogen-bond acceptors (Lipinski definition) is 2. The Balaban J connectivity index is 3.15. The highest BCUT2D eigenvalue weighted by molar-refractivity contribution is 6.30. The Bertz CT molecular complexity index is 395. The van der Waals surface area contributed by atoms with Gasteiger partial charge in [0.25, 0.3) is 0 Å². The minimum atomic E-state index is 0.429. The largest absolute Gasteiger partial charge is 0.368 e. The zero-order chi connectivity index (χ0) is 12.1. The third kappa shape index (κ3) is 2.68. The molecule has 2 nitrogen and oxygen atoms in total. The van der Waals surface area contributed by atoms with Gasteiger partial charge in [-0.3, -0.25) is 0 Å². The standard InChI is InChI=1S/C13H17ClN2/c1-4-10(3)16(5-2)13-7-6-12(14)8-11(13)9-15/h6-8,10H,4-5H2,1-3H3. The smallest absolute Gasteiger partial charge is 0.101 e. The van der Waals surface area contributed by atoms with E-state index in [1.807, 2.05) is 12.1 Å². The Kier molecular flexibility index (Phi) is 4.64. The van der Waals surface area contributed by atoms with Gasteiger partial charge in [0.05, 0.1) is 11.3 Å². The minimum absolute atomic E-state index is 0.429. The molecule has 0 aromatic heterocycles. The third-order valence-electron chi connectivity index (χ3n) is 2.85. The molecule has 0 saturated carbocycles. The summed E-state index contributed by atoms with van der Waals surface area (Å²) in [6, 6.07) is 8.12. The van der Waals surface area contributed by atoms with E-state index in [0.29, 0.717) is 16.6 Å². The average Bonchev–Trinajstić information content (AvgIpc) is 2.31. The number of anilines is 1. The van der Waals surface area contributed by atoms with Gasteiger partial charge in [0.2, 0.25) is 0 Å². The van der Waals surface area contributed by atoms with E-state index in [9.17, 15) is 0 Å². The third-order valence-corrected chi connectivity index (χ3v) is 3.09. The number of halogens is 1. The maximum absolute atomic E-state index is 9.11. The minimum Gasteiger partial charge on any atom is -0.368 e. The second kappa shape index (κ2) is 5.77. The highest BCUT2D eigenvalue weighted by Gasteiger charge is 2.14. The first-order chi connectivity index (χ1) is 7.63. The van der Waals surface area contributed by atoms with Gasteiger partial charge in [-0.2, -0.15) is 5.26 Å². The molecule has 16 heavy (non-hydrogen) atoms. The van der Waals surface area contributed by atoms with Gasteiger partial charge in [0.1, 0.15) is 6.07 Å². The van der Waals surface area contributed by atoms with Crippen molar-refractivity contribution in [2.24, 2.45) is 0 Å². The first kappa shape index (κ1) is 12.9. The van der Waals surface area contributed by atoms with Crippen molar-refractivity contribution in [3.8, 4) is 6.07 Å². The lowest BCUT2D eigenvalue weighted by Gasteiger charge is -2.30. The number of rotatable bonds is 4. The molecule has 0 fully saturated rings. The van der Waals surface area contributed by atoms with Crippen LogP contribution in [-0.4, -0.2) is 12.6 Å². The van der Waals surface area contributed by atoms with Gasteiger partial charge in [-0.15, -0.1) is 0 Å². The molecule has 0 saturated heterocycles. The molecule has 1 rings (SSSR count). The Labute approximate surface area is 102 Å². The van der Waals surface area contributed by atoms with Crippen LogP contribution >= 0.6 is 11.6 Å². The highest BCUT2D eigenvalue weighted by Crippen LogP contribution is 2.25. The van der Waals surface area contributed by atoms with Crippen molar-refractivity contribution in [1.29, 1.82) is 5.26 Å². The van der Waals surface area contributed by atoms with Gasteiger partial charge in [-0.25, -0.2) is 0 Å². The fourth-order valence-electron chi connectivity index (χ4n) is 1.79. The topological polar surface area (TPSA) is 27.0 Å². The summed E-state index contributed by atoms with van der Waals surface area (Å²) < 4.78 is 0. The fourth-order valence-corrected chi connectivity index (χ4v) is 1.96. The molecule has 1 unspecified atom stereocenters. The quantitative estimate of drug-likeness (QED) is 0.794. The first-order valence-corrected chi connectivity index (χ1v) is 5.98. The summed E-state index contributed by atoms with van der Waals surface area (Å²) in [5, 5.41) is 9.72. The van der Waals surface area contributed by atoms with Crippen LogP contribution in [0.2, 0.25) is 5.02 Å². The van der Waals surface area contributed by atoms with Gasteiger partial charge in [-0.1, -0.05) is 18.5 Å². The van der Waals surface area contributed by atoms with E-state index in [1.54, 1.807) is 6.07 Å². The van der Waals surface area contributed by atoms with E-state index in [2.05, 4.69) is 31.7 Å². The molecular formula is C13H17ClN2. The van der Waals surface area contributed by atoms with Crippen LogP contribution in [0.25, 0.3) is 0 Å². The molecule has 1 aromatic carbocycles. The molecule has 0 aliphatic rings. The predicted octanol–water partition coefficient (Wildman–Crippen LogP) is 3.84. The van der Waals surface area contributed by atoms with Crippen LogP contribution in [0.3, 0.4) is 0 Å². The monoisotopic (exact) mass is 236 g/mol. The molecule has 3 heteroatoms. The average molecular weight is 237 g/mol. The summed E-state index contributed by atoms with van der Waals surface area (Å²) in [4.78, 5) is 2.23. The molecule has 1 aromatic rings. The molecule has 0 N–H and O–H groups in total. The summed E-state index contributed by atoms with van der Waals surface area (Å²) in [7, 11) is 0. The molecule has 0 aliphatic heterocycles. The molecule has 0 bridgehead atoms. The molecule has 86 valence electrons. The zero-order valence-corrected chi connectivity index (χ0v) is 10.8. The van der Waals surface area contributed by atoms with Gasteiger partial charge in [-0.05, 0) is 38.5 Å². The Morgan fingerprint density at radius 2 is 2.12 bits per heavy atom. The zero-order valence-electron chi connectivity index (χ0n) is 10.00. The van der Waals surface area contributed by atoms with E-state index >= 15 is 0 Å². The molecule has 0 radical (unpaired) electrons. The van der Waals surface area contributed by atoms with E-state index in [0.717, 1.165) is 18.7 Å². The maximum Gasteiger partial charge on any atom is 0.101 e. The van der Waals surface area contributed by atoms with Crippen molar-refractivity contribution in [2.45, 2.75) is 33.2 Å². The van der Waals surface area contributed by atoms with Crippen LogP contribution < -0.4 is 4.90 Å².